The number of hydrogen-bond donors (Lipinski definition) is 2. The Bertz CT molecular complexity index is 863. The summed E-state index contributed by atoms with van der Waals surface area (Å²) in [6.45, 7) is 2.22. The molecule has 2 aromatic rings. The van der Waals surface area contributed by atoms with Gasteiger partial charge in [0.2, 0.25) is 0 Å². The number of phenols is 1. The summed E-state index contributed by atoms with van der Waals surface area (Å²) in [6, 6.07) is 11.3. The van der Waals surface area contributed by atoms with Gasteiger partial charge in [-0.3, -0.25) is 4.55 Å². The van der Waals surface area contributed by atoms with E-state index in [0.29, 0.717) is 17.7 Å². The fourth-order valence-corrected chi connectivity index (χ4v) is 4.46. The van der Waals surface area contributed by atoms with Gasteiger partial charge in [-0.15, -0.1) is 0 Å². The van der Waals surface area contributed by atoms with Gasteiger partial charge in [-0.05, 0) is 36.6 Å². The van der Waals surface area contributed by atoms with Crippen molar-refractivity contribution in [2.24, 2.45) is 0 Å². The third-order valence-electron chi connectivity index (χ3n) is 5.15. The molecular formula is C24H34O5S. The molecule has 0 fully saturated rings. The van der Waals surface area contributed by atoms with E-state index in [-0.39, 0.29) is 16.4 Å². The van der Waals surface area contributed by atoms with E-state index in [1.807, 2.05) is 6.07 Å². The highest BCUT2D eigenvalue weighted by Crippen LogP contribution is 2.36. The van der Waals surface area contributed by atoms with E-state index in [1.54, 1.807) is 24.3 Å². The molecule has 0 aliphatic carbocycles. The summed E-state index contributed by atoms with van der Waals surface area (Å²) >= 11 is 0. The molecule has 2 N–H and O–H groups in total. The number of hydrogen-bond acceptors (Lipinski definition) is 4. The van der Waals surface area contributed by atoms with Gasteiger partial charge in [0.15, 0.2) is 5.75 Å². The molecule has 6 heteroatoms. The van der Waals surface area contributed by atoms with Gasteiger partial charge in [-0.25, -0.2) is 0 Å². The van der Waals surface area contributed by atoms with E-state index in [9.17, 15) is 18.1 Å². The quantitative estimate of drug-likeness (QED) is 0.250. The highest BCUT2D eigenvalue weighted by Gasteiger charge is 2.23. The molecule has 0 aliphatic rings. The van der Waals surface area contributed by atoms with Crippen LogP contribution in [-0.4, -0.2) is 18.1 Å². The molecule has 0 radical (unpaired) electrons. The predicted octanol–water partition coefficient (Wildman–Crippen LogP) is 6.89. The van der Waals surface area contributed by atoms with Gasteiger partial charge in [0, 0.05) is 6.07 Å². The van der Waals surface area contributed by atoms with Gasteiger partial charge in [0.05, 0.1) is 0 Å². The first-order valence-corrected chi connectivity index (χ1v) is 12.4. The maximum absolute atomic E-state index is 12.1. The molecule has 0 bridgehead atoms. The Morgan fingerprint density at radius 2 is 1.40 bits per heavy atom. The smallest absolute Gasteiger partial charge is 0.298 e. The zero-order valence-corrected chi connectivity index (χ0v) is 18.7. The molecule has 166 valence electrons. The molecule has 0 saturated heterocycles. The summed E-state index contributed by atoms with van der Waals surface area (Å²) in [5, 5.41) is 10.1. The van der Waals surface area contributed by atoms with Gasteiger partial charge in [0.1, 0.15) is 16.4 Å². The molecular weight excluding hydrogens is 400 g/mol. The van der Waals surface area contributed by atoms with Crippen molar-refractivity contribution in [2.45, 2.75) is 82.4 Å². The highest BCUT2D eigenvalue weighted by atomic mass is 32.2. The van der Waals surface area contributed by atoms with Crippen molar-refractivity contribution < 1.29 is 22.8 Å². The van der Waals surface area contributed by atoms with Gasteiger partial charge in [-0.1, -0.05) is 82.9 Å². The molecule has 0 spiro atoms. The van der Waals surface area contributed by atoms with E-state index in [0.717, 1.165) is 19.3 Å². The first-order chi connectivity index (χ1) is 14.4. The van der Waals surface area contributed by atoms with E-state index < -0.39 is 10.1 Å². The summed E-state index contributed by atoms with van der Waals surface area (Å²) in [6.07, 6.45) is 12.2. The molecule has 30 heavy (non-hydrogen) atoms. The molecule has 2 aromatic carbocycles. The van der Waals surface area contributed by atoms with Gasteiger partial charge >= 0.3 is 0 Å². The predicted molar refractivity (Wildman–Crippen MR) is 120 cm³/mol. The van der Waals surface area contributed by atoms with E-state index >= 15 is 0 Å². The Labute approximate surface area is 180 Å². The molecule has 0 saturated carbocycles. The Kier molecular flexibility index (Phi) is 10.2. The standard InChI is InChI=1S/C24H34O5S/c1-2-3-4-5-6-7-8-9-10-12-15-20-18-21(25)19-23(24(20)30(26,27)28)29-22-16-13-11-14-17-22/h11,13-14,16-19,25H,2-10,12,15H2,1H3,(H,26,27,28). The molecule has 0 aliphatic heterocycles. The maximum atomic E-state index is 12.1. The number of ether oxygens (including phenoxy) is 1. The zero-order chi connectivity index (χ0) is 21.8. The maximum Gasteiger partial charge on any atom is 0.298 e. The van der Waals surface area contributed by atoms with Crippen LogP contribution >= 0.6 is 0 Å². The lowest BCUT2D eigenvalue weighted by Gasteiger charge is -2.14. The normalized spacial score (nSPS) is 11.5. The summed E-state index contributed by atoms with van der Waals surface area (Å²) in [5.74, 6) is 0.277. The third-order valence-corrected chi connectivity index (χ3v) is 6.12. The van der Waals surface area contributed by atoms with Crippen molar-refractivity contribution in [1.82, 2.24) is 0 Å². The van der Waals surface area contributed by atoms with E-state index in [1.165, 1.54) is 57.1 Å². The number of aryl methyl sites for hydroxylation is 1. The van der Waals surface area contributed by atoms with Crippen molar-refractivity contribution in [3.63, 3.8) is 0 Å². The van der Waals surface area contributed by atoms with Crippen molar-refractivity contribution in [2.75, 3.05) is 0 Å². The Balaban J connectivity index is 1.95. The summed E-state index contributed by atoms with van der Waals surface area (Å²) in [7, 11) is -4.50. The van der Waals surface area contributed by atoms with Crippen LogP contribution in [0, 0.1) is 0 Å². The average Bonchev–Trinajstić information content (AvgIpc) is 2.69. The molecule has 0 heterocycles. The third kappa shape index (κ3) is 8.36. The SMILES string of the molecule is CCCCCCCCCCCCc1cc(O)cc(Oc2ccccc2)c1S(=O)(=O)O. The topological polar surface area (TPSA) is 83.8 Å². The second-order valence-corrected chi connectivity index (χ2v) is 9.11. The van der Waals surface area contributed by atoms with Gasteiger partial charge < -0.3 is 9.84 Å². The minimum absolute atomic E-state index is 0.0641. The van der Waals surface area contributed by atoms with Crippen LogP contribution in [-0.2, 0) is 16.5 Å². The van der Waals surface area contributed by atoms with Gasteiger partial charge in [0.25, 0.3) is 10.1 Å². The van der Waals surface area contributed by atoms with Crippen molar-refractivity contribution in [1.29, 1.82) is 0 Å². The number of unbranched alkanes of at least 4 members (excludes halogenated alkanes) is 9. The lowest BCUT2D eigenvalue weighted by molar-refractivity contribution is 0.434. The summed E-state index contributed by atoms with van der Waals surface area (Å²) in [5.41, 5.74) is 0.378. The first-order valence-electron chi connectivity index (χ1n) is 11.0. The largest absolute Gasteiger partial charge is 0.508 e. The zero-order valence-electron chi connectivity index (χ0n) is 17.8. The molecule has 0 amide bonds. The lowest BCUT2D eigenvalue weighted by Crippen LogP contribution is -2.06. The van der Waals surface area contributed by atoms with Crippen LogP contribution in [0.4, 0.5) is 0 Å². The molecule has 5 nitrogen and oxygen atoms in total. The van der Waals surface area contributed by atoms with Crippen LogP contribution in [0.25, 0.3) is 0 Å². The number of benzene rings is 2. The van der Waals surface area contributed by atoms with Crippen LogP contribution in [0.1, 0.15) is 76.7 Å². The number of aromatic hydroxyl groups is 1. The van der Waals surface area contributed by atoms with Crippen molar-refractivity contribution in [3.8, 4) is 17.2 Å². The number of phenolic OH excluding ortho intramolecular Hbond substituents is 1. The van der Waals surface area contributed by atoms with Crippen LogP contribution < -0.4 is 4.74 Å². The first kappa shape index (κ1) is 24.2. The monoisotopic (exact) mass is 434 g/mol. The number of para-hydroxylation sites is 1. The summed E-state index contributed by atoms with van der Waals surface area (Å²) < 4.78 is 39.6. The lowest BCUT2D eigenvalue weighted by atomic mass is 10.0. The van der Waals surface area contributed by atoms with Crippen molar-refractivity contribution >= 4 is 10.1 Å². The number of rotatable bonds is 14. The van der Waals surface area contributed by atoms with E-state index in [2.05, 4.69) is 6.92 Å². The molecule has 2 rings (SSSR count). The summed E-state index contributed by atoms with van der Waals surface area (Å²) in [4.78, 5) is -0.264. The second-order valence-electron chi connectivity index (χ2n) is 7.75. The van der Waals surface area contributed by atoms with Crippen LogP contribution in [0.15, 0.2) is 47.4 Å². The van der Waals surface area contributed by atoms with E-state index in [4.69, 9.17) is 4.74 Å². The average molecular weight is 435 g/mol. The minimum Gasteiger partial charge on any atom is -0.508 e. The molecule has 0 atom stereocenters. The minimum atomic E-state index is -4.50. The Hall–Kier alpha value is -2.05. The second kappa shape index (κ2) is 12.6. The fraction of sp³-hybridized carbons (Fsp3) is 0.500. The van der Waals surface area contributed by atoms with Crippen LogP contribution in [0.3, 0.4) is 0 Å². The molecule has 0 aromatic heterocycles. The Morgan fingerprint density at radius 1 is 0.833 bits per heavy atom. The Morgan fingerprint density at radius 3 is 1.97 bits per heavy atom. The van der Waals surface area contributed by atoms with Crippen LogP contribution in [0.5, 0.6) is 17.2 Å². The van der Waals surface area contributed by atoms with Crippen molar-refractivity contribution in [3.05, 3.63) is 48.0 Å². The fourth-order valence-electron chi connectivity index (χ4n) is 3.62. The molecule has 0 unspecified atom stereocenters. The van der Waals surface area contributed by atoms with Gasteiger partial charge in [-0.2, -0.15) is 8.42 Å². The highest BCUT2D eigenvalue weighted by molar-refractivity contribution is 7.86. The van der Waals surface area contributed by atoms with Crippen LogP contribution in [0.2, 0.25) is 0 Å².